The summed E-state index contributed by atoms with van der Waals surface area (Å²) in [5, 5.41) is 0. The van der Waals surface area contributed by atoms with E-state index >= 15 is 0 Å². The molecule has 8 heteroatoms. The van der Waals surface area contributed by atoms with Gasteiger partial charge in [-0.2, -0.15) is 0 Å². The molecule has 0 saturated carbocycles. The van der Waals surface area contributed by atoms with Gasteiger partial charge in [0.05, 0.1) is 12.2 Å². The molecule has 0 saturated heterocycles. The molecule has 0 aliphatic rings. The normalized spacial score (nSPS) is 12.6. The van der Waals surface area contributed by atoms with Crippen LogP contribution in [0.5, 0.6) is 0 Å². The number of ether oxygens (including phenoxy) is 2. The van der Waals surface area contributed by atoms with Crippen LogP contribution in [0.3, 0.4) is 0 Å². The highest BCUT2D eigenvalue weighted by atomic mass is 28.2. The smallest absolute Gasteiger partial charge is 0.273 e. The van der Waals surface area contributed by atoms with Gasteiger partial charge in [0.1, 0.15) is 0 Å². The van der Waals surface area contributed by atoms with Crippen LogP contribution >= 0.6 is 0 Å². The van der Waals surface area contributed by atoms with Gasteiger partial charge in [-0.1, -0.05) is 0 Å². The largest absolute Gasteiger partial charge is 0.380 e. The van der Waals surface area contributed by atoms with Gasteiger partial charge in [-0.05, 0) is 58.6 Å². The molecular weight excluding hydrogens is 356 g/mol. The molecule has 1 rings (SSSR count). The predicted octanol–water partition coefficient (Wildman–Crippen LogP) is 3.76. The van der Waals surface area contributed by atoms with E-state index < -0.39 is 29.2 Å². The molecule has 25 heavy (non-hydrogen) atoms. The van der Waals surface area contributed by atoms with Crippen LogP contribution in [-0.4, -0.2) is 28.7 Å². The van der Waals surface area contributed by atoms with Gasteiger partial charge in [0.15, 0.2) is 33.8 Å². The monoisotopic (exact) mass is 382 g/mol. The summed E-state index contributed by atoms with van der Waals surface area (Å²) in [6, 6.07) is 0.694. The molecule has 0 atom stereocenters. The third kappa shape index (κ3) is 6.36. The maximum atomic E-state index is 13.7. The lowest BCUT2D eigenvalue weighted by Crippen LogP contribution is -2.42. The number of hydrogen-bond acceptors (Lipinski definition) is 3. The van der Waals surface area contributed by atoms with E-state index in [0.717, 1.165) is 0 Å². The first kappa shape index (κ1) is 22.1. The maximum absolute atomic E-state index is 13.7. The lowest BCUT2D eigenvalue weighted by Gasteiger charge is -2.36. The minimum absolute atomic E-state index is 0.0700. The molecule has 0 N–H and O–H groups in total. The van der Waals surface area contributed by atoms with Crippen LogP contribution in [0.15, 0.2) is 6.07 Å². The summed E-state index contributed by atoms with van der Waals surface area (Å²) < 4.78 is 70.2. The fourth-order valence-electron chi connectivity index (χ4n) is 2.52. The molecule has 0 radical (unpaired) electrons. The van der Waals surface area contributed by atoms with Crippen molar-refractivity contribution < 1.29 is 31.5 Å². The molecule has 3 nitrogen and oxygen atoms in total. The van der Waals surface area contributed by atoms with Gasteiger partial charge in [0.2, 0.25) is 0 Å². The van der Waals surface area contributed by atoms with Crippen molar-refractivity contribution in [3.05, 3.63) is 34.9 Å². The van der Waals surface area contributed by atoms with E-state index in [4.69, 9.17) is 13.9 Å². The van der Waals surface area contributed by atoms with Crippen LogP contribution < -0.4 is 0 Å². The van der Waals surface area contributed by atoms with Gasteiger partial charge in [-0.15, -0.1) is 0 Å². The zero-order valence-corrected chi connectivity index (χ0v) is 17.3. The van der Waals surface area contributed by atoms with Gasteiger partial charge in [-0.25, -0.2) is 17.6 Å². The molecule has 0 unspecified atom stereocenters. The van der Waals surface area contributed by atoms with E-state index in [0.29, 0.717) is 35.8 Å². The molecule has 0 heterocycles. The van der Waals surface area contributed by atoms with Crippen molar-refractivity contribution in [2.75, 3.05) is 0 Å². The van der Waals surface area contributed by atoms with E-state index in [2.05, 4.69) is 0 Å². The van der Waals surface area contributed by atoms with Crippen LogP contribution in [0.1, 0.15) is 52.5 Å². The third-order valence-corrected chi connectivity index (χ3v) is 4.12. The van der Waals surface area contributed by atoms with Crippen molar-refractivity contribution in [1.29, 1.82) is 0 Å². The summed E-state index contributed by atoms with van der Waals surface area (Å²) in [5.41, 5.74) is -0.191. The Morgan fingerprint density at radius 1 is 0.920 bits per heavy atom. The van der Waals surface area contributed by atoms with Gasteiger partial charge >= 0.3 is 0 Å². The molecule has 1 aromatic carbocycles. The van der Waals surface area contributed by atoms with Gasteiger partial charge in [0, 0.05) is 6.42 Å². The minimum atomic E-state index is -1.79. The van der Waals surface area contributed by atoms with Crippen molar-refractivity contribution in [2.45, 2.75) is 71.6 Å². The zero-order valence-electron chi connectivity index (χ0n) is 15.3. The number of unbranched alkanes of at least 4 members (excludes halogenated alkanes) is 1. The van der Waals surface area contributed by atoms with Gasteiger partial charge in [0.25, 0.3) is 5.97 Å². The van der Waals surface area contributed by atoms with E-state index in [1.165, 1.54) is 0 Å². The Bertz CT molecular complexity index is 557. The fourth-order valence-corrected chi connectivity index (χ4v) is 2.92. The van der Waals surface area contributed by atoms with E-state index in [-0.39, 0.29) is 24.2 Å². The average Bonchev–Trinajstić information content (AvgIpc) is 2.52. The van der Waals surface area contributed by atoms with Crippen LogP contribution in [0, 0.1) is 23.3 Å². The highest BCUT2D eigenvalue weighted by Crippen LogP contribution is 2.27. The van der Waals surface area contributed by atoms with Crippen molar-refractivity contribution >= 4 is 10.5 Å². The first-order valence-electron chi connectivity index (χ1n) is 8.34. The number of benzene rings is 1. The van der Waals surface area contributed by atoms with Crippen molar-refractivity contribution in [2.24, 2.45) is 0 Å². The predicted molar refractivity (Wildman–Crippen MR) is 90.0 cm³/mol. The molecule has 1 aromatic rings. The highest BCUT2D eigenvalue weighted by Gasteiger charge is 2.33. The molecule has 0 fully saturated rings. The summed E-state index contributed by atoms with van der Waals surface area (Å²) >= 11 is 0. The summed E-state index contributed by atoms with van der Waals surface area (Å²) in [4.78, 5) is 0. The Labute approximate surface area is 149 Å². The molecule has 144 valence electrons. The molecular formula is C17H26F4O3Si. The van der Waals surface area contributed by atoms with Crippen LogP contribution in [0.2, 0.25) is 0 Å². The number of hydrogen-bond donors (Lipinski definition) is 0. The summed E-state index contributed by atoms with van der Waals surface area (Å²) in [5.74, 6) is -7.48. The summed E-state index contributed by atoms with van der Waals surface area (Å²) in [6.45, 7) is 7.44. The lowest BCUT2D eigenvalue weighted by molar-refractivity contribution is -0.369. The topological polar surface area (TPSA) is 27.7 Å². The molecule has 0 aliphatic heterocycles. The first-order chi connectivity index (χ1) is 11.6. The second-order valence-electron chi connectivity index (χ2n) is 6.39. The maximum Gasteiger partial charge on any atom is 0.273 e. The minimum Gasteiger partial charge on any atom is -0.380 e. The molecule has 0 aliphatic carbocycles. The number of aryl methyl sites for hydroxylation is 1. The number of halogens is 4. The first-order valence-corrected chi connectivity index (χ1v) is 9.16. The quantitative estimate of drug-likeness (QED) is 0.154. The molecule has 0 aromatic heterocycles. The van der Waals surface area contributed by atoms with E-state index in [1.807, 2.05) is 27.7 Å². The van der Waals surface area contributed by atoms with E-state index in [9.17, 15) is 17.6 Å². The van der Waals surface area contributed by atoms with Crippen molar-refractivity contribution in [3.8, 4) is 0 Å². The summed E-state index contributed by atoms with van der Waals surface area (Å²) in [6.07, 6.45) is 1.15. The Balaban J connectivity index is 2.71. The van der Waals surface area contributed by atoms with Crippen molar-refractivity contribution in [3.63, 3.8) is 0 Å². The standard InChI is InChI=1S/C17H26F4O3Si/c1-10(2)22-17(24-25,23-11(3)4)8-6-5-7-12-9-13(18)15(20)16(21)14(12)19/h9-11H,5-8H2,1-4,25H3. The van der Waals surface area contributed by atoms with Crippen molar-refractivity contribution in [1.82, 2.24) is 0 Å². The second kappa shape index (κ2) is 9.66. The second-order valence-corrected chi connectivity index (χ2v) is 6.80. The third-order valence-electron chi connectivity index (χ3n) is 3.50. The number of rotatable bonds is 10. The molecule has 0 spiro atoms. The highest BCUT2D eigenvalue weighted by molar-refractivity contribution is 5.98. The van der Waals surface area contributed by atoms with Crippen LogP contribution in [0.4, 0.5) is 17.6 Å². The SMILES string of the molecule is CC(C)OC(CCCCc1cc(F)c(F)c(F)c1F)(O[SiH3])OC(C)C. The summed E-state index contributed by atoms with van der Waals surface area (Å²) in [7, 11) is 0.395. The molecule has 0 bridgehead atoms. The van der Waals surface area contributed by atoms with Gasteiger partial charge in [-0.3, -0.25) is 0 Å². The van der Waals surface area contributed by atoms with Crippen LogP contribution in [0.25, 0.3) is 0 Å². The van der Waals surface area contributed by atoms with Gasteiger partial charge < -0.3 is 13.9 Å². The Hall–Kier alpha value is -0.963. The Morgan fingerprint density at radius 3 is 1.96 bits per heavy atom. The van der Waals surface area contributed by atoms with E-state index in [1.54, 1.807) is 0 Å². The fraction of sp³-hybridized carbons (Fsp3) is 0.647. The average molecular weight is 382 g/mol. The Kier molecular flexibility index (Phi) is 8.53. The lowest BCUT2D eigenvalue weighted by atomic mass is 10.0. The molecule has 0 amide bonds. The Morgan fingerprint density at radius 2 is 1.48 bits per heavy atom. The van der Waals surface area contributed by atoms with Crippen LogP contribution in [-0.2, 0) is 20.3 Å². The zero-order chi connectivity index (χ0) is 19.2.